The topological polar surface area (TPSA) is 89.7 Å². The van der Waals surface area contributed by atoms with Crippen molar-refractivity contribution in [3.05, 3.63) is 35.5 Å². The summed E-state index contributed by atoms with van der Waals surface area (Å²) >= 11 is 0. The SMILES string of the molecule is CCOC(=O)[C@H](Cc1c(CCCCCCCCCCCO[Si](C)(C)C(C)(C)C)[nH]c2ccccc12)NC(=O)OC(C)(C)C. The Hall–Kier alpha value is -2.32. The van der Waals surface area contributed by atoms with Crippen molar-refractivity contribution in [2.75, 3.05) is 13.2 Å². The summed E-state index contributed by atoms with van der Waals surface area (Å²) in [7, 11) is -1.61. The Morgan fingerprint density at radius 3 is 2.05 bits per heavy atom. The summed E-state index contributed by atoms with van der Waals surface area (Å²) in [6.45, 7) is 19.9. The second-order valence-corrected chi connectivity index (χ2v) is 19.1. The number of fused-ring (bicyclic) bond motifs is 1. The van der Waals surface area contributed by atoms with Crippen LogP contribution >= 0.6 is 0 Å². The van der Waals surface area contributed by atoms with Crippen molar-refractivity contribution in [3.8, 4) is 0 Å². The van der Waals surface area contributed by atoms with Crippen molar-refractivity contribution in [2.45, 2.75) is 149 Å². The molecule has 0 aliphatic carbocycles. The molecule has 0 saturated carbocycles. The van der Waals surface area contributed by atoms with E-state index in [2.05, 4.69) is 56.3 Å². The minimum atomic E-state index is -1.61. The van der Waals surface area contributed by atoms with Gasteiger partial charge >= 0.3 is 12.1 Å². The van der Waals surface area contributed by atoms with Crippen LogP contribution in [-0.2, 0) is 31.5 Å². The zero-order valence-electron chi connectivity index (χ0n) is 28.6. The van der Waals surface area contributed by atoms with Crippen molar-refractivity contribution in [1.29, 1.82) is 0 Å². The van der Waals surface area contributed by atoms with Crippen LogP contribution < -0.4 is 5.32 Å². The molecule has 1 heterocycles. The first kappa shape index (κ1) is 36.9. The van der Waals surface area contributed by atoms with Gasteiger partial charge in [0.15, 0.2) is 8.32 Å². The zero-order valence-corrected chi connectivity index (χ0v) is 29.6. The number of rotatable bonds is 18. The van der Waals surface area contributed by atoms with Crippen LogP contribution in [0.2, 0.25) is 18.1 Å². The van der Waals surface area contributed by atoms with Gasteiger partial charge in [0.1, 0.15) is 11.6 Å². The van der Waals surface area contributed by atoms with Gasteiger partial charge in [-0.1, -0.05) is 83.9 Å². The van der Waals surface area contributed by atoms with Crippen LogP contribution in [-0.4, -0.2) is 50.2 Å². The Morgan fingerprint density at radius 2 is 1.47 bits per heavy atom. The maximum Gasteiger partial charge on any atom is 0.408 e. The molecule has 1 aromatic heterocycles. The summed E-state index contributed by atoms with van der Waals surface area (Å²) in [6, 6.07) is 7.31. The van der Waals surface area contributed by atoms with E-state index >= 15 is 0 Å². The van der Waals surface area contributed by atoms with Gasteiger partial charge in [0, 0.05) is 29.6 Å². The molecule has 0 bridgehead atoms. The summed E-state index contributed by atoms with van der Waals surface area (Å²) in [6.07, 6.45) is 11.7. The summed E-state index contributed by atoms with van der Waals surface area (Å²) < 4.78 is 17.0. The van der Waals surface area contributed by atoms with Crippen molar-refractivity contribution < 1.29 is 23.5 Å². The van der Waals surface area contributed by atoms with E-state index < -0.39 is 32.0 Å². The van der Waals surface area contributed by atoms with E-state index in [1.165, 1.54) is 51.4 Å². The number of para-hydroxylation sites is 1. The number of aryl methyl sites for hydroxylation is 1. The van der Waals surface area contributed by atoms with E-state index in [9.17, 15) is 9.59 Å². The van der Waals surface area contributed by atoms with Crippen molar-refractivity contribution in [1.82, 2.24) is 10.3 Å². The van der Waals surface area contributed by atoms with Crippen LogP contribution in [0, 0.1) is 0 Å². The number of nitrogens with one attached hydrogen (secondary N) is 2. The molecular formula is C35H60N2O5Si. The van der Waals surface area contributed by atoms with Crippen molar-refractivity contribution >= 4 is 31.3 Å². The van der Waals surface area contributed by atoms with Crippen LogP contribution in [0.1, 0.15) is 118 Å². The van der Waals surface area contributed by atoms with Gasteiger partial charge in [0.25, 0.3) is 0 Å². The third-order valence-electron chi connectivity index (χ3n) is 8.41. The molecule has 0 fully saturated rings. The molecule has 2 rings (SSSR count). The molecule has 1 amide bonds. The Morgan fingerprint density at radius 1 is 0.884 bits per heavy atom. The van der Waals surface area contributed by atoms with Gasteiger partial charge < -0.3 is 24.2 Å². The summed E-state index contributed by atoms with van der Waals surface area (Å²) in [5.74, 6) is -0.451. The van der Waals surface area contributed by atoms with Gasteiger partial charge in [-0.3, -0.25) is 0 Å². The summed E-state index contributed by atoms with van der Waals surface area (Å²) in [5, 5.41) is 4.12. The summed E-state index contributed by atoms with van der Waals surface area (Å²) in [5.41, 5.74) is 2.57. The monoisotopic (exact) mass is 616 g/mol. The van der Waals surface area contributed by atoms with E-state index in [0.717, 1.165) is 41.6 Å². The highest BCUT2D eigenvalue weighted by atomic mass is 28.4. The average molecular weight is 617 g/mol. The maximum atomic E-state index is 12.8. The number of ether oxygens (including phenoxy) is 2. The Labute approximate surface area is 262 Å². The molecule has 0 unspecified atom stereocenters. The minimum Gasteiger partial charge on any atom is -0.464 e. The first-order chi connectivity index (χ1) is 20.1. The molecule has 43 heavy (non-hydrogen) atoms. The summed E-state index contributed by atoms with van der Waals surface area (Å²) in [4.78, 5) is 29.0. The number of aromatic nitrogens is 1. The molecule has 7 nitrogen and oxygen atoms in total. The van der Waals surface area contributed by atoms with E-state index in [-0.39, 0.29) is 11.6 Å². The number of esters is 1. The van der Waals surface area contributed by atoms with Crippen LogP contribution in [0.3, 0.4) is 0 Å². The molecule has 1 atom stereocenters. The van der Waals surface area contributed by atoms with Crippen LogP contribution in [0.4, 0.5) is 4.79 Å². The molecule has 0 aliphatic rings. The second-order valence-electron chi connectivity index (χ2n) is 14.3. The number of carbonyl (C=O) groups excluding carboxylic acids is 2. The lowest BCUT2D eigenvalue weighted by Crippen LogP contribution is -2.45. The third kappa shape index (κ3) is 13.1. The highest BCUT2D eigenvalue weighted by molar-refractivity contribution is 6.74. The molecule has 1 aromatic carbocycles. The Kier molecular flexibility index (Phi) is 14.8. The van der Waals surface area contributed by atoms with Crippen LogP contribution in [0.25, 0.3) is 10.9 Å². The quantitative estimate of drug-likeness (QED) is 0.0990. The van der Waals surface area contributed by atoms with E-state index in [4.69, 9.17) is 13.9 Å². The Bertz CT molecular complexity index is 1130. The van der Waals surface area contributed by atoms with Gasteiger partial charge in [-0.15, -0.1) is 0 Å². The number of hydrogen-bond acceptors (Lipinski definition) is 5. The lowest BCUT2D eigenvalue weighted by atomic mass is 9.99. The van der Waals surface area contributed by atoms with E-state index in [0.29, 0.717) is 6.42 Å². The highest BCUT2D eigenvalue weighted by Crippen LogP contribution is 2.36. The van der Waals surface area contributed by atoms with Gasteiger partial charge in [-0.25, -0.2) is 9.59 Å². The molecule has 244 valence electrons. The van der Waals surface area contributed by atoms with Gasteiger partial charge in [0.2, 0.25) is 0 Å². The van der Waals surface area contributed by atoms with Crippen LogP contribution in [0.15, 0.2) is 24.3 Å². The lowest BCUT2D eigenvalue weighted by Gasteiger charge is -2.36. The fourth-order valence-electron chi connectivity index (χ4n) is 4.98. The Balaban J connectivity index is 1.82. The minimum absolute atomic E-state index is 0.248. The fourth-order valence-corrected chi connectivity index (χ4v) is 6.07. The number of amides is 1. The number of benzene rings is 1. The molecule has 0 radical (unpaired) electrons. The van der Waals surface area contributed by atoms with Crippen molar-refractivity contribution in [2.24, 2.45) is 0 Å². The molecule has 2 N–H and O–H groups in total. The molecule has 2 aromatic rings. The number of unbranched alkanes of at least 4 members (excludes halogenated alkanes) is 8. The molecule has 0 spiro atoms. The predicted octanol–water partition coefficient (Wildman–Crippen LogP) is 9.24. The first-order valence-electron chi connectivity index (χ1n) is 16.5. The fraction of sp³-hybridized carbons (Fsp3) is 0.714. The van der Waals surface area contributed by atoms with Crippen LogP contribution in [0.5, 0.6) is 0 Å². The number of hydrogen-bond donors (Lipinski definition) is 2. The van der Waals surface area contributed by atoms with E-state index in [1.54, 1.807) is 27.7 Å². The number of H-pyrrole nitrogens is 1. The first-order valence-corrected chi connectivity index (χ1v) is 19.4. The normalized spacial score (nSPS) is 13.2. The number of carbonyl (C=O) groups is 2. The average Bonchev–Trinajstić information content (AvgIpc) is 3.24. The van der Waals surface area contributed by atoms with E-state index in [1.807, 2.05) is 12.1 Å². The largest absolute Gasteiger partial charge is 0.464 e. The standard InChI is InChI=1S/C35H60N2O5Si/c1-10-40-32(38)31(37-33(39)42-34(2,3)4)26-28-27-22-19-20-24-29(27)36-30(28)23-18-16-14-12-11-13-15-17-21-25-41-43(8,9)35(5,6)7/h19-20,22,24,31,36H,10-18,21,23,25-26H2,1-9H3,(H,37,39)/t31-/m0/s1. The van der Waals surface area contributed by atoms with Gasteiger partial charge in [0.05, 0.1) is 6.61 Å². The third-order valence-corrected chi connectivity index (χ3v) is 13.0. The predicted molar refractivity (Wildman–Crippen MR) is 180 cm³/mol. The van der Waals surface area contributed by atoms with Gasteiger partial charge in [-0.2, -0.15) is 0 Å². The smallest absolute Gasteiger partial charge is 0.408 e. The molecule has 8 heteroatoms. The second kappa shape index (κ2) is 17.2. The zero-order chi connectivity index (χ0) is 32.1. The van der Waals surface area contributed by atoms with Gasteiger partial charge in [-0.05, 0) is 76.7 Å². The van der Waals surface area contributed by atoms with Crippen molar-refractivity contribution in [3.63, 3.8) is 0 Å². The molecule has 0 aliphatic heterocycles. The highest BCUT2D eigenvalue weighted by Gasteiger charge is 2.36. The molecular weight excluding hydrogens is 556 g/mol. The maximum absolute atomic E-state index is 12.8. The lowest BCUT2D eigenvalue weighted by molar-refractivity contribution is -0.145. The number of alkyl carbamates (subject to hydrolysis) is 1. The molecule has 0 saturated heterocycles. The number of aromatic amines is 1.